The van der Waals surface area contributed by atoms with E-state index in [0.717, 1.165) is 0 Å². The summed E-state index contributed by atoms with van der Waals surface area (Å²) in [5.74, 6) is 1.25. The summed E-state index contributed by atoms with van der Waals surface area (Å²) >= 11 is 0. The van der Waals surface area contributed by atoms with E-state index in [1.165, 1.54) is 0 Å². The summed E-state index contributed by atoms with van der Waals surface area (Å²) in [7, 11) is 0. The predicted molar refractivity (Wildman–Crippen MR) is 65.5 cm³/mol. The first-order valence-corrected chi connectivity index (χ1v) is 5.65. The van der Waals surface area contributed by atoms with E-state index in [-0.39, 0.29) is 12.0 Å². The third-order valence-electron chi connectivity index (χ3n) is 2.41. The topological polar surface area (TPSA) is 78.4 Å². The Morgan fingerprint density at radius 1 is 1.35 bits per heavy atom. The molecule has 0 aromatic rings. The number of rotatable bonds is 6. The molecule has 0 aromatic heterocycles. The summed E-state index contributed by atoms with van der Waals surface area (Å²) < 4.78 is 0. The van der Waals surface area contributed by atoms with E-state index in [1.807, 2.05) is 6.92 Å². The predicted octanol–water partition coefficient (Wildman–Crippen LogP) is 1.20. The van der Waals surface area contributed by atoms with E-state index in [4.69, 9.17) is 11.5 Å². The van der Waals surface area contributed by atoms with E-state index in [0.29, 0.717) is 12.8 Å². The van der Waals surface area contributed by atoms with Crippen molar-refractivity contribution in [3.8, 4) is 12.3 Å². The van der Waals surface area contributed by atoms with Gasteiger partial charge in [0.15, 0.2) is 0 Å². The maximum Gasteiger partial charge on any atom is 0.326 e. The van der Waals surface area contributed by atoms with Crippen molar-refractivity contribution in [1.29, 1.82) is 0 Å². The minimum atomic E-state index is -1.04. The SMILES string of the molecule is C#CCC(CC)NC(=O)N[C@H](C(=O)O)C(C)C. The highest BCUT2D eigenvalue weighted by Crippen LogP contribution is 2.02. The molecular formula is C12H20N2O3. The van der Waals surface area contributed by atoms with Crippen molar-refractivity contribution in [3.05, 3.63) is 0 Å². The molecule has 0 saturated carbocycles. The fourth-order valence-electron chi connectivity index (χ4n) is 1.32. The van der Waals surface area contributed by atoms with Crippen LogP contribution in [-0.4, -0.2) is 29.2 Å². The van der Waals surface area contributed by atoms with Gasteiger partial charge in [0.25, 0.3) is 0 Å². The van der Waals surface area contributed by atoms with Gasteiger partial charge in [0.05, 0.1) is 0 Å². The van der Waals surface area contributed by atoms with Gasteiger partial charge in [-0.05, 0) is 12.3 Å². The molecule has 0 rings (SSSR count). The van der Waals surface area contributed by atoms with Crippen molar-refractivity contribution in [2.45, 2.75) is 45.7 Å². The molecule has 0 spiro atoms. The standard InChI is InChI=1S/C12H20N2O3/c1-5-7-9(6-2)13-12(17)14-10(8(3)4)11(15)16/h1,8-10H,6-7H2,2-4H3,(H,15,16)(H2,13,14,17)/t9?,10-/m0/s1. The molecule has 0 saturated heterocycles. The monoisotopic (exact) mass is 240 g/mol. The molecule has 1 unspecified atom stereocenters. The molecular weight excluding hydrogens is 220 g/mol. The van der Waals surface area contributed by atoms with Crippen molar-refractivity contribution in [2.24, 2.45) is 5.92 Å². The average molecular weight is 240 g/mol. The first-order valence-electron chi connectivity index (χ1n) is 5.65. The lowest BCUT2D eigenvalue weighted by molar-refractivity contribution is -0.140. The Morgan fingerprint density at radius 3 is 2.29 bits per heavy atom. The largest absolute Gasteiger partial charge is 0.480 e. The molecule has 2 amide bonds. The van der Waals surface area contributed by atoms with Gasteiger partial charge in [0, 0.05) is 12.5 Å². The second kappa shape index (κ2) is 7.55. The van der Waals surface area contributed by atoms with Gasteiger partial charge in [-0.2, -0.15) is 0 Å². The number of nitrogens with one attached hydrogen (secondary N) is 2. The zero-order valence-electron chi connectivity index (χ0n) is 10.5. The van der Waals surface area contributed by atoms with E-state index < -0.39 is 18.0 Å². The van der Waals surface area contributed by atoms with Gasteiger partial charge in [0.1, 0.15) is 6.04 Å². The maximum absolute atomic E-state index is 11.6. The van der Waals surface area contributed by atoms with Crippen molar-refractivity contribution >= 4 is 12.0 Å². The summed E-state index contributed by atoms with van der Waals surface area (Å²) in [6, 6.07) is -1.51. The number of carbonyl (C=O) groups is 2. The van der Waals surface area contributed by atoms with Gasteiger partial charge in [0.2, 0.25) is 0 Å². The fraction of sp³-hybridized carbons (Fsp3) is 0.667. The summed E-state index contributed by atoms with van der Waals surface area (Å²) in [6.07, 6.45) is 6.30. The van der Waals surface area contributed by atoms with E-state index >= 15 is 0 Å². The molecule has 5 nitrogen and oxygen atoms in total. The zero-order valence-corrected chi connectivity index (χ0v) is 10.5. The first-order chi connectivity index (χ1) is 7.92. The average Bonchev–Trinajstić information content (AvgIpc) is 2.24. The smallest absolute Gasteiger partial charge is 0.326 e. The quantitative estimate of drug-likeness (QED) is 0.610. The van der Waals surface area contributed by atoms with Crippen LogP contribution < -0.4 is 10.6 Å². The third-order valence-corrected chi connectivity index (χ3v) is 2.41. The van der Waals surface area contributed by atoms with Crippen molar-refractivity contribution in [1.82, 2.24) is 10.6 Å². The van der Waals surface area contributed by atoms with Crippen LogP contribution in [0.5, 0.6) is 0 Å². The Labute approximate surface area is 102 Å². The number of hydrogen-bond acceptors (Lipinski definition) is 2. The number of amides is 2. The summed E-state index contributed by atoms with van der Waals surface area (Å²) in [5, 5.41) is 14.0. The lowest BCUT2D eigenvalue weighted by Crippen LogP contribution is -2.50. The van der Waals surface area contributed by atoms with Gasteiger partial charge < -0.3 is 15.7 Å². The molecule has 0 heterocycles. The first kappa shape index (κ1) is 15.3. The second-order valence-electron chi connectivity index (χ2n) is 4.19. The highest BCUT2D eigenvalue weighted by atomic mass is 16.4. The number of aliphatic carboxylic acids is 1. The van der Waals surface area contributed by atoms with Gasteiger partial charge in [-0.3, -0.25) is 0 Å². The lowest BCUT2D eigenvalue weighted by Gasteiger charge is -2.20. The molecule has 0 radical (unpaired) electrons. The van der Waals surface area contributed by atoms with Crippen LogP contribution in [0, 0.1) is 18.3 Å². The Bertz CT molecular complexity index is 307. The van der Waals surface area contributed by atoms with E-state index in [9.17, 15) is 9.59 Å². The van der Waals surface area contributed by atoms with E-state index in [1.54, 1.807) is 13.8 Å². The van der Waals surface area contributed by atoms with Gasteiger partial charge in [-0.1, -0.05) is 20.8 Å². The Hall–Kier alpha value is -1.70. The molecule has 2 atom stereocenters. The molecule has 0 aliphatic rings. The second-order valence-corrected chi connectivity index (χ2v) is 4.19. The molecule has 0 aromatic carbocycles. The van der Waals surface area contributed by atoms with Crippen molar-refractivity contribution in [2.75, 3.05) is 0 Å². The van der Waals surface area contributed by atoms with Crippen LogP contribution in [0.25, 0.3) is 0 Å². The molecule has 0 aliphatic carbocycles. The number of urea groups is 1. The Balaban J connectivity index is 4.33. The van der Waals surface area contributed by atoms with Gasteiger partial charge >= 0.3 is 12.0 Å². The van der Waals surface area contributed by atoms with Crippen LogP contribution >= 0.6 is 0 Å². The van der Waals surface area contributed by atoms with E-state index in [2.05, 4.69) is 16.6 Å². The maximum atomic E-state index is 11.6. The normalized spacial score (nSPS) is 13.6. The highest BCUT2D eigenvalue weighted by Gasteiger charge is 2.23. The molecule has 3 N–H and O–H groups in total. The highest BCUT2D eigenvalue weighted by molar-refractivity contribution is 5.82. The zero-order chi connectivity index (χ0) is 13.4. The van der Waals surface area contributed by atoms with Crippen LogP contribution in [0.15, 0.2) is 0 Å². The van der Waals surface area contributed by atoms with Crippen LogP contribution in [-0.2, 0) is 4.79 Å². The number of carbonyl (C=O) groups excluding carboxylic acids is 1. The molecule has 0 aliphatic heterocycles. The number of terminal acetylenes is 1. The van der Waals surface area contributed by atoms with Crippen LogP contribution in [0.1, 0.15) is 33.6 Å². The van der Waals surface area contributed by atoms with Crippen LogP contribution in [0.2, 0.25) is 0 Å². The van der Waals surface area contributed by atoms with Crippen LogP contribution in [0.4, 0.5) is 4.79 Å². The molecule has 0 fully saturated rings. The van der Waals surface area contributed by atoms with Crippen LogP contribution in [0.3, 0.4) is 0 Å². The number of carboxylic acid groups (broad SMARTS) is 1. The van der Waals surface area contributed by atoms with Crippen molar-refractivity contribution < 1.29 is 14.7 Å². The molecule has 5 heteroatoms. The third kappa shape index (κ3) is 5.81. The Morgan fingerprint density at radius 2 is 1.94 bits per heavy atom. The number of carboxylic acids is 1. The van der Waals surface area contributed by atoms with Crippen molar-refractivity contribution in [3.63, 3.8) is 0 Å². The fourth-order valence-corrected chi connectivity index (χ4v) is 1.32. The number of hydrogen-bond donors (Lipinski definition) is 3. The summed E-state index contributed by atoms with van der Waals surface area (Å²) in [5.41, 5.74) is 0. The minimum Gasteiger partial charge on any atom is -0.480 e. The Kier molecular flexibility index (Phi) is 6.80. The lowest BCUT2D eigenvalue weighted by atomic mass is 10.1. The molecule has 96 valence electrons. The molecule has 0 bridgehead atoms. The summed E-state index contributed by atoms with van der Waals surface area (Å²) in [6.45, 7) is 5.37. The minimum absolute atomic E-state index is 0.124. The molecule has 17 heavy (non-hydrogen) atoms. The van der Waals surface area contributed by atoms with Gasteiger partial charge in [-0.25, -0.2) is 9.59 Å². The summed E-state index contributed by atoms with van der Waals surface area (Å²) in [4.78, 5) is 22.4. The van der Waals surface area contributed by atoms with Gasteiger partial charge in [-0.15, -0.1) is 12.3 Å².